The van der Waals surface area contributed by atoms with E-state index in [0.29, 0.717) is 25.4 Å². The average Bonchev–Trinajstić information content (AvgIpc) is 3.34. The average molecular weight is 443 g/mol. The van der Waals surface area contributed by atoms with E-state index in [-0.39, 0.29) is 23.2 Å². The van der Waals surface area contributed by atoms with Crippen LogP contribution in [0, 0.1) is 10.1 Å². The van der Waals surface area contributed by atoms with Crippen LogP contribution in [0.3, 0.4) is 0 Å². The van der Waals surface area contributed by atoms with Crippen molar-refractivity contribution >= 4 is 17.3 Å². The smallest absolute Gasteiger partial charge is 0.293 e. The Bertz CT molecular complexity index is 913. The molecule has 1 amide bonds. The van der Waals surface area contributed by atoms with E-state index in [9.17, 15) is 14.9 Å². The topological polar surface area (TPSA) is 106 Å². The number of carbonyl (C=O) groups is 1. The summed E-state index contributed by atoms with van der Waals surface area (Å²) in [6.45, 7) is 3.21. The maximum absolute atomic E-state index is 12.8. The minimum absolute atomic E-state index is 0.0253. The molecule has 1 saturated heterocycles. The van der Waals surface area contributed by atoms with Gasteiger partial charge in [0.25, 0.3) is 11.6 Å². The molecule has 32 heavy (non-hydrogen) atoms. The Morgan fingerprint density at radius 1 is 1.16 bits per heavy atom. The zero-order valence-electron chi connectivity index (χ0n) is 18.5. The number of ether oxygens (including phenoxy) is 2. The van der Waals surface area contributed by atoms with Gasteiger partial charge in [0.1, 0.15) is 11.4 Å². The molecule has 2 aromatic rings. The van der Waals surface area contributed by atoms with Crippen LogP contribution >= 0.6 is 0 Å². The summed E-state index contributed by atoms with van der Waals surface area (Å²) in [5, 5.41) is 17.4. The third-order valence-corrected chi connectivity index (χ3v) is 5.62. The van der Waals surface area contributed by atoms with Crippen LogP contribution in [-0.4, -0.2) is 62.7 Å². The van der Waals surface area contributed by atoms with Gasteiger partial charge in [0, 0.05) is 31.8 Å². The fourth-order valence-corrected chi connectivity index (χ4v) is 3.89. The van der Waals surface area contributed by atoms with Gasteiger partial charge in [-0.3, -0.25) is 19.8 Å². The summed E-state index contributed by atoms with van der Waals surface area (Å²) in [4.78, 5) is 26.2. The highest BCUT2D eigenvalue weighted by Crippen LogP contribution is 2.28. The second kappa shape index (κ2) is 11.4. The molecule has 0 spiro atoms. The Kier molecular flexibility index (Phi) is 8.41. The lowest BCUT2D eigenvalue weighted by molar-refractivity contribution is -0.384. The summed E-state index contributed by atoms with van der Waals surface area (Å²) >= 11 is 0. The molecule has 172 valence electrons. The van der Waals surface area contributed by atoms with Gasteiger partial charge in [-0.2, -0.15) is 0 Å². The van der Waals surface area contributed by atoms with E-state index in [1.807, 2.05) is 24.3 Å². The van der Waals surface area contributed by atoms with Gasteiger partial charge in [0.2, 0.25) is 0 Å². The molecule has 9 heteroatoms. The van der Waals surface area contributed by atoms with Gasteiger partial charge >= 0.3 is 0 Å². The van der Waals surface area contributed by atoms with Crippen LogP contribution in [-0.2, 0) is 4.74 Å². The lowest BCUT2D eigenvalue weighted by Crippen LogP contribution is -2.36. The largest absolute Gasteiger partial charge is 0.497 e. The third kappa shape index (κ3) is 5.95. The van der Waals surface area contributed by atoms with Gasteiger partial charge in [-0.25, -0.2) is 0 Å². The molecule has 2 aromatic carbocycles. The monoisotopic (exact) mass is 442 g/mol. The Balaban J connectivity index is 1.72. The maximum atomic E-state index is 12.8. The van der Waals surface area contributed by atoms with Gasteiger partial charge in [0.05, 0.1) is 24.7 Å². The number of nitro groups is 1. The van der Waals surface area contributed by atoms with Crippen molar-refractivity contribution in [3.63, 3.8) is 0 Å². The molecule has 0 radical (unpaired) electrons. The highest BCUT2D eigenvalue weighted by atomic mass is 16.6. The number of carbonyl (C=O) groups excluding carboxylic acids is 1. The van der Waals surface area contributed by atoms with Gasteiger partial charge in [-0.05, 0) is 55.8 Å². The number of rotatable bonds is 11. The number of benzene rings is 2. The van der Waals surface area contributed by atoms with Crippen LogP contribution < -0.4 is 15.4 Å². The van der Waals surface area contributed by atoms with E-state index >= 15 is 0 Å². The summed E-state index contributed by atoms with van der Waals surface area (Å²) in [6, 6.07) is 12.3. The Morgan fingerprint density at radius 3 is 2.50 bits per heavy atom. The van der Waals surface area contributed by atoms with Crippen LogP contribution in [0.2, 0.25) is 0 Å². The molecule has 1 aliphatic rings. The van der Waals surface area contributed by atoms with Crippen molar-refractivity contribution in [2.45, 2.75) is 18.9 Å². The number of anilines is 1. The number of nitro benzene ring substituents is 1. The lowest BCUT2D eigenvalue weighted by atomic mass is 10.0. The summed E-state index contributed by atoms with van der Waals surface area (Å²) in [5.74, 6) is 0.443. The van der Waals surface area contributed by atoms with E-state index in [1.54, 1.807) is 26.4 Å². The summed E-state index contributed by atoms with van der Waals surface area (Å²) in [6.07, 6.45) is 2.26. The Hall–Kier alpha value is -3.17. The second-order valence-corrected chi connectivity index (χ2v) is 7.65. The maximum Gasteiger partial charge on any atom is 0.293 e. The number of hydrogen-bond acceptors (Lipinski definition) is 7. The molecule has 0 bridgehead atoms. The van der Waals surface area contributed by atoms with Gasteiger partial charge < -0.3 is 20.1 Å². The van der Waals surface area contributed by atoms with Crippen molar-refractivity contribution in [1.82, 2.24) is 10.2 Å². The van der Waals surface area contributed by atoms with Gasteiger partial charge in [-0.1, -0.05) is 12.1 Å². The molecule has 1 atom stereocenters. The zero-order valence-corrected chi connectivity index (χ0v) is 18.5. The van der Waals surface area contributed by atoms with E-state index in [4.69, 9.17) is 9.47 Å². The SMILES string of the molecule is COCCNc1ccc(C(=O)NCC(c2ccc(OC)cc2)N2CCCC2)cc1[N+](=O)[O-]. The standard InChI is InChI=1S/C23H30N4O5/c1-31-14-11-24-20-10-7-18(15-21(20)27(29)30)23(28)25-16-22(26-12-3-4-13-26)17-5-8-19(32-2)9-6-17/h5-10,15,22,24H,3-4,11-14,16H2,1-2H3,(H,25,28). The molecule has 1 fully saturated rings. The van der Waals surface area contributed by atoms with Crippen molar-refractivity contribution in [2.24, 2.45) is 0 Å². The number of likely N-dealkylation sites (tertiary alicyclic amines) is 1. The molecule has 0 saturated carbocycles. The molecular formula is C23H30N4O5. The van der Waals surface area contributed by atoms with E-state index in [1.165, 1.54) is 6.07 Å². The van der Waals surface area contributed by atoms with E-state index in [2.05, 4.69) is 15.5 Å². The second-order valence-electron chi connectivity index (χ2n) is 7.65. The van der Waals surface area contributed by atoms with Crippen LogP contribution in [0.1, 0.15) is 34.8 Å². The number of methoxy groups -OCH3 is 2. The summed E-state index contributed by atoms with van der Waals surface area (Å²) < 4.78 is 10.2. The first-order valence-electron chi connectivity index (χ1n) is 10.7. The molecule has 0 aliphatic carbocycles. The highest BCUT2D eigenvalue weighted by Gasteiger charge is 2.25. The molecule has 2 N–H and O–H groups in total. The van der Waals surface area contributed by atoms with Crippen molar-refractivity contribution in [3.05, 3.63) is 63.7 Å². The van der Waals surface area contributed by atoms with Crippen LogP contribution in [0.4, 0.5) is 11.4 Å². The highest BCUT2D eigenvalue weighted by molar-refractivity contribution is 5.95. The van der Waals surface area contributed by atoms with Gasteiger partial charge in [0.15, 0.2) is 0 Å². The third-order valence-electron chi connectivity index (χ3n) is 5.62. The molecule has 1 aliphatic heterocycles. The number of nitrogens with one attached hydrogen (secondary N) is 2. The van der Waals surface area contributed by atoms with Crippen LogP contribution in [0.5, 0.6) is 5.75 Å². The van der Waals surface area contributed by atoms with Crippen LogP contribution in [0.15, 0.2) is 42.5 Å². The number of hydrogen-bond donors (Lipinski definition) is 2. The Morgan fingerprint density at radius 2 is 1.88 bits per heavy atom. The summed E-state index contributed by atoms with van der Waals surface area (Å²) in [7, 11) is 3.19. The van der Waals surface area contributed by atoms with Crippen molar-refractivity contribution in [2.75, 3.05) is 52.3 Å². The quantitative estimate of drug-likeness (QED) is 0.313. The van der Waals surface area contributed by atoms with E-state index < -0.39 is 4.92 Å². The lowest BCUT2D eigenvalue weighted by Gasteiger charge is -2.28. The minimum atomic E-state index is -0.490. The predicted molar refractivity (Wildman–Crippen MR) is 122 cm³/mol. The van der Waals surface area contributed by atoms with E-state index in [0.717, 1.165) is 37.2 Å². The Labute approximate surface area is 187 Å². The molecular weight excluding hydrogens is 412 g/mol. The first-order valence-corrected chi connectivity index (χ1v) is 10.7. The number of nitrogens with zero attached hydrogens (tertiary/aromatic N) is 2. The van der Waals surface area contributed by atoms with Gasteiger partial charge in [-0.15, -0.1) is 0 Å². The molecule has 0 aromatic heterocycles. The molecule has 3 rings (SSSR count). The first-order chi connectivity index (χ1) is 15.5. The fourth-order valence-electron chi connectivity index (χ4n) is 3.89. The molecule has 9 nitrogen and oxygen atoms in total. The predicted octanol–water partition coefficient (Wildman–Crippen LogP) is 3.23. The molecule has 1 heterocycles. The first kappa shape index (κ1) is 23.5. The van der Waals surface area contributed by atoms with Crippen molar-refractivity contribution in [1.29, 1.82) is 0 Å². The van der Waals surface area contributed by atoms with Crippen molar-refractivity contribution in [3.8, 4) is 5.75 Å². The molecule has 1 unspecified atom stereocenters. The zero-order chi connectivity index (χ0) is 22.9. The van der Waals surface area contributed by atoms with Crippen LogP contribution in [0.25, 0.3) is 0 Å². The fraction of sp³-hybridized carbons (Fsp3) is 0.435. The normalized spacial score (nSPS) is 14.7. The number of amides is 1. The summed E-state index contributed by atoms with van der Waals surface area (Å²) in [5.41, 5.74) is 1.57. The van der Waals surface area contributed by atoms with Crippen molar-refractivity contribution < 1.29 is 19.2 Å². The minimum Gasteiger partial charge on any atom is -0.497 e.